The number of benzene rings is 1. The highest BCUT2D eigenvalue weighted by Crippen LogP contribution is 2.22. The number of anilines is 1. The molecule has 1 aromatic rings. The van der Waals surface area contributed by atoms with Gasteiger partial charge in [0.1, 0.15) is 0 Å². The molecule has 0 aliphatic heterocycles. The summed E-state index contributed by atoms with van der Waals surface area (Å²) in [7, 11) is 0. The second-order valence-corrected chi connectivity index (χ2v) is 5.79. The zero-order valence-corrected chi connectivity index (χ0v) is 13.0. The zero-order valence-electron chi connectivity index (χ0n) is 11.4. The quantitative estimate of drug-likeness (QED) is 0.875. The summed E-state index contributed by atoms with van der Waals surface area (Å²) in [6.45, 7) is 8.52. The molecule has 0 aromatic heterocycles. The second-order valence-electron chi connectivity index (χ2n) is 4.94. The summed E-state index contributed by atoms with van der Waals surface area (Å²) in [6.07, 6.45) is 0. The maximum Gasteiger partial charge on any atom is 0.239 e. The van der Waals surface area contributed by atoms with Crippen LogP contribution in [0.15, 0.2) is 22.7 Å². The molecule has 100 valence electrons. The third-order valence-electron chi connectivity index (χ3n) is 2.95. The Labute approximate surface area is 117 Å². The fourth-order valence-corrected chi connectivity index (χ4v) is 1.81. The van der Waals surface area contributed by atoms with Crippen molar-refractivity contribution >= 4 is 27.5 Å². The fourth-order valence-electron chi connectivity index (χ4n) is 1.42. The van der Waals surface area contributed by atoms with Crippen LogP contribution >= 0.6 is 15.9 Å². The second kappa shape index (κ2) is 6.78. The van der Waals surface area contributed by atoms with E-state index in [1.165, 1.54) is 0 Å². The number of aryl methyl sites for hydroxylation is 1. The summed E-state index contributed by atoms with van der Waals surface area (Å²) in [5.74, 6) is 0.462. The van der Waals surface area contributed by atoms with E-state index in [0.717, 1.165) is 15.7 Å². The smallest absolute Gasteiger partial charge is 0.239 e. The molecule has 0 saturated carbocycles. The van der Waals surface area contributed by atoms with E-state index in [4.69, 9.17) is 0 Å². The maximum atomic E-state index is 11.7. The fraction of sp³-hybridized carbons (Fsp3) is 0.500. The lowest BCUT2D eigenvalue weighted by atomic mass is 10.1. The molecule has 0 heterocycles. The Kier molecular flexibility index (Phi) is 5.66. The van der Waals surface area contributed by atoms with Crippen molar-refractivity contribution in [2.24, 2.45) is 5.92 Å². The highest BCUT2D eigenvalue weighted by molar-refractivity contribution is 9.10. The predicted octanol–water partition coefficient (Wildman–Crippen LogP) is 3.33. The lowest BCUT2D eigenvalue weighted by Gasteiger charge is -2.18. The van der Waals surface area contributed by atoms with Gasteiger partial charge in [0, 0.05) is 16.2 Å². The maximum absolute atomic E-state index is 11.7. The van der Waals surface area contributed by atoms with Gasteiger partial charge in [0.25, 0.3) is 0 Å². The summed E-state index contributed by atoms with van der Waals surface area (Å²) in [4.78, 5) is 11.7. The van der Waals surface area contributed by atoms with Gasteiger partial charge in [-0.25, -0.2) is 0 Å². The van der Waals surface area contributed by atoms with Crippen LogP contribution in [0.3, 0.4) is 0 Å². The molecule has 0 aliphatic rings. The van der Waals surface area contributed by atoms with Crippen molar-refractivity contribution in [1.29, 1.82) is 0 Å². The number of carbonyl (C=O) groups is 1. The molecule has 1 atom stereocenters. The van der Waals surface area contributed by atoms with Crippen LogP contribution in [-0.4, -0.2) is 18.5 Å². The third-order valence-corrected chi connectivity index (χ3v) is 3.64. The summed E-state index contributed by atoms with van der Waals surface area (Å²) in [5, 5.41) is 6.11. The van der Waals surface area contributed by atoms with E-state index in [1.807, 2.05) is 32.0 Å². The van der Waals surface area contributed by atoms with E-state index >= 15 is 0 Å². The van der Waals surface area contributed by atoms with Gasteiger partial charge in [-0.2, -0.15) is 0 Å². The van der Waals surface area contributed by atoms with E-state index in [9.17, 15) is 4.79 Å². The highest BCUT2D eigenvalue weighted by Gasteiger charge is 2.10. The topological polar surface area (TPSA) is 41.1 Å². The SMILES string of the molecule is Cc1ccc(Br)c(NCC(=O)NC(C)C(C)C)c1. The minimum absolute atomic E-state index is 0.0182. The number of rotatable bonds is 5. The van der Waals surface area contributed by atoms with Gasteiger partial charge in [0.15, 0.2) is 0 Å². The number of nitrogens with one attached hydrogen (secondary N) is 2. The Balaban J connectivity index is 2.50. The average Bonchev–Trinajstić information content (AvgIpc) is 2.30. The van der Waals surface area contributed by atoms with Crippen LogP contribution in [0.5, 0.6) is 0 Å². The first-order chi connectivity index (χ1) is 8.40. The Morgan fingerprint density at radius 1 is 1.33 bits per heavy atom. The van der Waals surface area contributed by atoms with Gasteiger partial charge in [0.2, 0.25) is 5.91 Å². The van der Waals surface area contributed by atoms with Crippen molar-refractivity contribution in [2.75, 3.05) is 11.9 Å². The molecule has 1 amide bonds. The minimum atomic E-state index is 0.0182. The average molecular weight is 313 g/mol. The van der Waals surface area contributed by atoms with Crippen molar-refractivity contribution in [2.45, 2.75) is 33.7 Å². The van der Waals surface area contributed by atoms with Crippen LogP contribution in [0, 0.1) is 12.8 Å². The molecule has 4 heteroatoms. The van der Waals surface area contributed by atoms with Crippen molar-refractivity contribution in [1.82, 2.24) is 5.32 Å². The molecule has 0 radical (unpaired) electrons. The molecule has 0 aliphatic carbocycles. The summed E-state index contributed by atoms with van der Waals surface area (Å²) in [6, 6.07) is 6.21. The number of hydrogen-bond donors (Lipinski definition) is 2. The van der Waals surface area contributed by atoms with Crippen molar-refractivity contribution < 1.29 is 4.79 Å². The summed E-state index contributed by atoms with van der Waals surface area (Å²) < 4.78 is 0.970. The molecule has 18 heavy (non-hydrogen) atoms. The number of hydrogen-bond acceptors (Lipinski definition) is 2. The number of carbonyl (C=O) groups excluding carboxylic acids is 1. The van der Waals surface area contributed by atoms with Gasteiger partial charge in [0.05, 0.1) is 6.54 Å². The first-order valence-electron chi connectivity index (χ1n) is 6.19. The Morgan fingerprint density at radius 2 is 2.00 bits per heavy atom. The monoisotopic (exact) mass is 312 g/mol. The molecule has 0 fully saturated rings. The van der Waals surface area contributed by atoms with Crippen LogP contribution in [0.2, 0.25) is 0 Å². The van der Waals surface area contributed by atoms with Gasteiger partial charge in [-0.15, -0.1) is 0 Å². The molecule has 0 bridgehead atoms. The van der Waals surface area contributed by atoms with Crippen molar-refractivity contribution in [3.05, 3.63) is 28.2 Å². The van der Waals surface area contributed by atoms with E-state index < -0.39 is 0 Å². The molecular formula is C14H21BrN2O. The summed E-state index contributed by atoms with van der Waals surface area (Å²) >= 11 is 3.46. The van der Waals surface area contributed by atoms with E-state index in [1.54, 1.807) is 0 Å². The Morgan fingerprint density at radius 3 is 2.61 bits per heavy atom. The molecular weight excluding hydrogens is 292 g/mol. The van der Waals surface area contributed by atoms with Crippen LogP contribution in [0.1, 0.15) is 26.3 Å². The molecule has 0 saturated heterocycles. The highest BCUT2D eigenvalue weighted by atomic mass is 79.9. The number of amides is 1. The van der Waals surface area contributed by atoms with Gasteiger partial charge >= 0.3 is 0 Å². The summed E-state index contributed by atoms with van der Waals surface area (Å²) in [5.41, 5.74) is 2.11. The first kappa shape index (κ1) is 15.0. The molecule has 1 aromatic carbocycles. The molecule has 1 rings (SSSR count). The van der Waals surface area contributed by atoms with Crippen molar-refractivity contribution in [3.63, 3.8) is 0 Å². The van der Waals surface area contributed by atoms with Gasteiger partial charge < -0.3 is 10.6 Å². The third kappa shape index (κ3) is 4.69. The first-order valence-corrected chi connectivity index (χ1v) is 6.99. The van der Waals surface area contributed by atoms with Gasteiger partial charge in [-0.3, -0.25) is 4.79 Å². The number of halogens is 1. The van der Waals surface area contributed by atoms with Gasteiger partial charge in [-0.05, 0) is 53.4 Å². The van der Waals surface area contributed by atoms with Crippen LogP contribution in [0.25, 0.3) is 0 Å². The van der Waals surface area contributed by atoms with Crippen molar-refractivity contribution in [3.8, 4) is 0 Å². The predicted molar refractivity (Wildman–Crippen MR) is 79.8 cm³/mol. The van der Waals surface area contributed by atoms with E-state index in [-0.39, 0.29) is 11.9 Å². The Bertz CT molecular complexity index is 418. The molecule has 3 nitrogen and oxygen atoms in total. The van der Waals surface area contributed by atoms with Crippen LogP contribution in [0.4, 0.5) is 5.69 Å². The molecule has 1 unspecified atom stereocenters. The van der Waals surface area contributed by atoms with Crippen LogP contribution in [-0.2, 0) is 4.79 Å². The van der Waals surface area contributed by atoms with Crippen LogP contribution < -0.4 is 10.6 Å². The molecule has 2 N–H and O–H groups in total. The molecule has 0 spiro atoms. The Hall–Kier alpha value is -1.03. The minimum Gasteiger partial charge on any atom is -0.375 e. The lowest BCUT2D eigenvalue weighted by molar-refractivity contribution is -0.120. The van der Waals surface area contributed by atoms with E-state index in [0.29, 0.717) is 12.5 Å². The zero-order chi connectivity index (χ0) is 13.7. The standard InChI is InChI=1S/C14H21BrN2O/c1-9(2)11(4)17-14(18)8-16-13-7-10(3)5-6-12(13)15/h5-7,9,11,16H,8H2,1-4H3,(H,17,18). The van der Waals surface area contributed by atoms with Gasteiger partial charge in [-0.1, -0.05) is 19.9 Å². The largest absolute Gasteiger partial charge is 0.375 e. The van der Waals surface area contributed by atoms with E-state index in [2.05, 4.69) is 40.4 Å². The lowest BCUT2D eigenvalue weighted by Crippen LogP contribution is -2.39. The normalized spacial score (nSPS) is 12.3.